The number of aromatic nitrogens is 4. The third-order valence-electron chi connectivity index (χ3n) is 4.47. The minimum atomic E-state index is -4.49. The maximum Gasteiger partial charge on any atom is 0.419 e. The normalized spacial score (nSPS) is 12.3. The summed E-state index contributed by atoms with van der Waals surface area (Å²) >= 11 is 1.43. The minimum Gasteiger partial charge on any atom is -0.368 e. The standard InChI is InChI=1S/C21H16F3N7S/c22-21(23,24)14-4-3-8-26-18(14)27-10-11-29-20-28-9-7-15(31-20)13(12-25)19-30-16-5-1-2-6-17(16)32-19/h1-9,13H,10-11H2,(H,26,27)(H,28,29,31). The number of benzene rings is 1. The van der Waals surface area contributed by atoms with Crippen LogP contribution >= 0.6 is 11.3 Å². The first-order chi connectivity index (χ1) is 15.5. The van der Waals surface area contributed by atoms with Crippen LogP contribution < -0.4 is 10.6 Å². The second-order valence-electron chi connectivity index (χ2n) is 6.64. The van der Waals surface area contributed by atoms with Crippen molar-refractivity contribution in [2.75, 3.05) is 23.7 Å². The van der Waals surface area contributed by atoms with Gasteiger partial charge in [0.1, 0.15) is 16.7 Å². The first kappa shape index (κ1) is 21.5. The Balaban J connectivity index is 1.42. The van der Waals surface area contributed by atoms with E-state index in [2.05, 4.69) is 36.6 Å². The lowest BCUT2D eigenvalue weighted by Gasteiger charge is -2.13. The lowest BCUT2D eigenvalue weighted by molar-refractivity contribution is -0.137. The lowest BCUT2D eigenvalue weighted by atomic mass is 10.1. The predicted molar refractivity (Wildman–Crippen MR) is 115 cm³/mol. The summed E-state index contributed by atoms with van der Waals surface area (Å²) in [5, 5.41) is 16.0. The van der Waals surface area contributed by atoms with E-state index in [4.69, 9.17) is 0 Å². The average Bonchev–Trinajstić information content (AvgIpc) is 3.21. The summed E-state index contributed by atoms with van der Waals surface area (Å²) in [4.78, 5) is 16.8. The molecule has 7 nitrogen and oxygen atoms in total. The van der Waals surface area contributed by atoms with Gasteiger partial charge in [-0.05, 0) is 30.3 Å². The monoisotopic (exact) mass is 455 g/mol. The topological polar surface area (TPSA) is 99.4 Å². The number of pyridine rings is 1. The number of hydrogen-bond donors (Lipinski definition) is 2. The smallest absolute Gasteiger partial charge is 0.368 e. The molecule has 4 aromatic rings. The molecule has 1 aromatic carbocycles. The van der Waals surface area contributed by atoms with Crippen LogP contribution in [0.25, 0.3) is 10.2 Å². The highest BCUT2D eigenvalue weighted by molar-refractivity contribution is 7.18. The molecule has 4 rings (SSSR count). The van der Waals surface area contributed by atoms with Gasteiger partial charge < -0.3 is 10.6 Å². The summed E-state index contributed by atoms with van der Waals surface area (Å²) in [5.41, 5.74) is 0.478. The molecule has 0 saturated heterocycles. The highest BCUT2D eigenvalue weighted by Gasteiger charge is 2.33. The Kier molecular flexibility index (Phi) is 6.13. The van der Waals surface area contributed by atoms with Crippen molar-refractivity contribution in [3.05, 3.63) is 71.1 Å². The summed E-state index contributed by atoms with van der Waals surface area (Å²) in [5.74, 6) is -0.628. The number of thiazole rings is 1. The van der Waals surface area contributed by atoms with Crippen LogP contribution in [0.5, 0.6) is 0 Å². The number of anilines is 2. The van der Waals surface area contributed by atoms with E-state index < -0.39 is 17.7 Å². The summed E-state index contributed by atoms with van der Waals surface area (Å²) in [6.07, 6.45) is -1.67. The molecule has 0 aliphatic heterocycles. The molecular formula is C21H16F3N7S. The first-order valence-corrected chi connectivity index (χ1v) is 10.4. The van der Waals surface area contributed by atoms with Gasteiger partial charge in [0.25, 0.3) is 0 Å². The van der Waals surface area contributed by atoms with Gasteiger partial charge in [-0.1, -0.05) is 12.1 Å². The van der Waals surface area contributed by atoms with Crippen LogP contribution in [0.1, 0.15) is 22.2 Å². The fraction of sp³-hybridized carbons (Fsp3) is 0.190. The lowest BCUT2D eigenvalue weighted by Crippen LogP contribution is -2.19. The number of hydrogen-bond acceptors (Lipinski definition) is 8. The number of nitrogens with zero attached hydrogens (tertiary/aromatic N) is 5. The third-order valence-corrected chi connectivity index (χ3v) is 5.57. The maximum absolute atomic E-state index is 13.0. The molecule has 11 heteroatoms. The summed E-state index contributed by atoms with van der Waals surface area (Å²) in [6, 6.07) is 13.7. The third kappa shape index (κ3) is 4.76. The number of alkyl halides is 3. The van der Waals surface area contributed by atoms with Crippen molar-refractivity contribution in [1.29, 1.82) is 5.26 Å². The number of halogens is 3. The molecule has 0 aliphatic rings. The van der Waals surface area contributed by atoms with Crippen LogP contribution in [-0.2, 0) is 6.18 Å². The molecule has 0 saturated carbocycles. The SMILES string of the molecule is N#CC(c1ccnc(NCCNc2ncccc2C(F)(F)F)n1)c1nc2ccccc2s1. The quantitative estimate of drug-likeness (QED) is 0.390. The van der Waals surface area contributed by atoms with Crippen molar-refractivity contribution in [3.8, 4) is 6.07 Å². The highest BCUT2D eigenvalue weighted by Crippen LogP contribution is 2.33. The van der Waals surface area contributed by atoms with Crippen molar-refractivity contribution >= 4 is 33.3 Å². The second-order valence-corrected chi connectivity index (χ2v) is 7.70. The van der Waals surface area contributed by atoms with Crippen LogP contribution in [0.3, 0.4) is 0 Å². The Morgan fingerprint density at radius 1 is 0.969 bits per heavy atom. The fourth-order valence-electron chi connectivity index (χ4n) is 3.01. The van der Waals surface area contributed by atoms with Gasteiger partial charge >= 0.3 is 6.18 Å². The van der Waals surface area contributed by atoms with E-state index >= 15 is 0 Å². The average molecular weight is 455 g/mol. The molecule has 0 amide bonds. The minimum absolute atomic E-state index is 0.160. The van der Waals surface area contributed by atoms with Crippen LogP contribution in [0.2, 0.25) is 0 Å². The Morgan fingerprint density at radius 2 is 1.78 bits per heavy atom. The number of nitrogens with one attached hydrogen (secondary N) is 2. The van der Waals surface area contributed by atoms with Crippen LogP contribution in [0.4, 0.5) is 24.9 Å². The number of nitriles is 1. The Morgan fingerprint density at radius 3 is 2.56 bits per heavy atom. The van der Waals surface area contributed by atoms with Gasteiger partial charge in [0.05, 0.1) is 27.5 Å². The van der Waals surface area contributed by atoms with Gasteiger partial charge in [-0.15, -0.1) is 11.3 Å². The summed E-state index contributed by atoms with van der Waals surface area (Å²) in [7, 11) is 0. The van der Waals surface area contributed by atoms with Gasteiger partial charge in [0.2, 0.25) is 5.95 Å². The Bertz CT molecular complexity index is 1230. The predicted octanol–water partition coefficient (Wildman–Crippen LogP) is 4.68. The van der Waals surface area contributed by atoms with Crippen molar-refractivity contribution in [2.45, 2.75) is 12.1 Å². The molecule has 0 radical (unpaired) electrons. The largest absolute Gasteiger partial charge is 0.419 e. The number of para-hydroxylation sites is 1. The van der Waals surface area contributed by atoms with E-state index in [9.17, 15) is 18.4 Å². The van der Waals surface area contributed by atoms with Gasteiger partial charge in [-0.3, -0.25) is 0 Å². The molecule has 0 fully saturated rings. The zero-order valence-electron chi connectivity index (χ0n) is 16.5. The number of fused-ring (bicyclic) bond motifs is 1. The van der Waals surface area contributed by atoms with E-state index in [1.165, 1.54) is 29.8 Å². The van der Waals surface area contributed by atoms with Gasteiger partial charge in [0, 0.05) is 25.5 Å². The molecule has 0 bridgehead atoms. The van der Waals surface area contributed by atoms with E-state index in [1.54, 1.807) is 6.07 Å². The molecule has 1 unspecified atom stereocenters. The zero-order valence-corrected chi connectivity index (χ0v) is 17.3. The van der Waals surface area contributed by atoms with Gasteiger partial charge in [-0.2, -0.15) is 18.4 Å². The Labute approximate surface area is 185 Å². The van der Waals surface area contributed by atoms with Crippen LogP contribution in [-0.4, -0.2) is 33.0 Å². The fourth-order valence-corrected chi connectivity index (χ4v) is 4.04. The van der Waals surface area contributed by atoms with Crippen LogP contribution in [0.15, 0.2) is 54.9 Å². The van der Waals surface area contributed by atoms with Crippen molar-refractivity contribution in [2.24, 2.45) is 0 Å². The van der Waals surface area contributed by atoms with E-state index in [-0.39, 0.29) is 24.9 Å². The van der Waals surface area contributed by atoms with E-state index in [0.29, 0.717) is 10.7 Å². The maximum atomic E-state index is 13.0. The van der Waals surface area contributed by atoms with Crippen molar-refractivity contribution in [3.63, 3.8) is 0 Å². The molecule has 32 heavy (non-hydrogen) atoms. The molecule has 1 atom stereocenters. The van der Waals surface area contributed by atoms with Gasteiger partial charge in [0.15, 0.2) is 0 Å². The van der Waals surface area contributed by atoms with Crippen molar-refractivity contribution in [1.82, 2.24) is 19.9 Å². The second kappa shape index (κ2) is 9.15. The molecule has 162 valence electrons. The molecule has 3 heterocycles. The molecule has 0 aliphatic carbocycles. The number of rotatable bonds is 7. The molecule has 0 spiro atoms. The van der Waals surface area contributed by atoms with E-state index in [1.807, 2.05) is 24.3 Å². The van der Waals surface area contributed by atoms with Crippen molar-refractivity contribution < 1.29 is 13.2 Å². The van der Waals surface area contributed by atoms with Gasteiger partial charge in [-0.25, -0.2) is 19.9 Å². The molecule has 3 aromatic heterocycles. The zero-order chi connectivity index (χ0) is 22.6. The summed E-state index contributed by atoms with van der Waals surface area (Å²) < 4.78 is 40.1. The Hall–Kier alpha value is -3.78. The summed E-state index contributed by atoms with van der Waals surface area (Å²) in [6.45, 7) is 0.406. The molecule has 2 N–H and O–H groups in total. The highest BCUT2D eigenvalue weighted by atomic mass is 32.1. The van der Waals surface area contributed by atoms with Crippen LogP contribution in [0, 0.1) is 11.3 Å². The first-order valence-electron chi connectivity index (χ1n) is 9.53. The molecular weight excluding hydrogens is 439 g/mol. The van der Waals surface area contributed by atoms with E-state index in [0.717, 1.165) is 16.3 Å².